The van der Waals surface area contributed by atoms with Crippen LogP contribution in [-0.4, -0.2) is 16.0 Å². The van der Waals surface area contributed by atoms with E-state index in [0.29, 0.717) is 16.6 Å². The van der Waals surface area contributed by atoms with E-state index < -0.39 is 0 Å². The number of rotatable bonds is 2. The van der Waals surface area contributed by atoms with E-state index in [9.17, 15) is 5.26 Å². The van der Waals surface area contributed by atoms with Crippen LogP contribution in [0.2, 0.25) is 5.02 Å². The predicted octanol–water partition coefficient (Wildman–Crippen LogP) is 4.21. The monoisotopic (exact) mass is 296 g/mol. The number of benzene rings is 1. The van der Waals surface area contributed by atoms with E-state index in [4.69, 9.17) is 11.6 Å². The third-order valence-corrected chi connectivity index (χ3v) is 4.39. The lowest BCUT2D eigenvalue weighted by atomic mass is 9.93. The maximum absolute atomic E-state index is 9.29. The molecule has 0 aliphatic heterocycles. The van der Waals surface area contributed by atoms with Gasteiger partial charge in [-0.15, -0.1) is 0 Å². The summed E-state index contributed by atoms with van der Waals surface area (Å²) >= 11 is 6.06. The van der Waals surface area contributed by atoms with Crippen LogP contribution in [0.4, 0.5) is 5.82 Å². The van der Waals surface area contributed by atoms with Gasteiger partial charge in [-0.3, -0.25) is 0 Å². The number of H-pyrrole nitrogens is 1. The molecule has 4 nitrogen and oxygen atoms in total. The van der Waals surface area contributed by atoms with E-state index in [2.05, 4.69) is 21.4 Å². The van der Waals surface area contributed by atoms with E-state index in [-0.39, 0.29) is 0 Å². The SMILES string of the molecule is N#Cc1cnc(NC2CCC2)c2c1[nH]c1cc(Cl)ccc12. The second-order valence-corrected chi connectivity index (χ2v) is 5.91. The third kappa shape index (κ3) is 1.93. The van der Waals surface area contributed by atoms with Crippen LogP contribution in [0.3, 0.4) is 0 Å². The molecule has 1 aromatic carbocycles. The number of nitrogens with zero attached hydrogens (tertiary/aromatic N) is 2. The normalized spacial score (nSPS) is 15.0. The van der Waals surface area contributed by atoms with Crippen LogP contribution in [0.1, 0.15) is 24.8 Å². The Morgan fingerprint density at radius 3 is 2.95 bits per heavy atom. The molecule has 1 saturated carbocycles. The van der Waals surface area contributed by atoms with E-state index in [0.717, 1.165) is 27.6 Å². The molecule has 0 spiro atoms. The minimum atomic E-state index is 0.492. The number of hydrogen-bond acceptors (Lipinski definition) is 3. The maximum atomic E-state index is 9.29. The lowest BCUT2D eigenvalue weighted by Crippen LogP contribution is -2.27. The van der Waals surface area contributed by atoms with E-state index in [1.165, 1.54) is 19.3 Å². The minimum absolute atomic E-state index is 0.492. The van der Waals surface area contributed by atoms with Crippen molar-refractivity contribution in [3.63, 3.8) is 0 Å². The lowest BCUT2D eigenvalue weighted by molar-refractivity contribution is 0.445. The summed E-state index contributed by atoms with van der Waals surface area (Å²) in [5, 5.41) is 15.5. The zero-order valence-corrected chi connectivity index (χ0v) is 12.0. The van der Waals surface area contributed by atoms with E-state index in [1.54, 1.807) is 6.20 Å². The van der Waals surface area contributed by atoms with Crippen molar-refractivity contribution in [1.82, 2.24) is 9.97 Å². The van der Waals surface area contributed by atoms with Gasteiger partial charge in [-0.25, -0.2) is 4.98 Å². The van der Waals surface area contributed by atoms with Gasteiger partial charge in [0, 0.05) is 28.2 Å². The third-order valence-electron chi connectivity index (χ3n) is 4.16. The van der Waals surface area contributed by atoms with Gasteiger partial charge in [0.15, 0.2) is 0 Å². The summed E-state index contributed by atoms with van der Waals surface area (Å²) < 4.78 is 0. The van der Waals surface area contributed by atoms with Crippen LogP contribution in [-0.2, 0) is 0 Å². The Labute approximate surface area is 126 Å². The molecule has 2 N–H and O–H groups in total. The zero-order valence-electron chi connectivity index (χ0n) is 11.3. The highest BCUT2D eigenvalue weighted by atomic mass is 35.5. The van der Waals surface area contributed by atoms with Gasteiger partial charge in [-0.2, -0.15) is 5.26 Å². The van der Waals surface area contributed by atoms with E-state index >= 15 is 0 Å². The first kappa shape index (κ1) is 12.5. The van der Waals surface area contributed by atoms with Crippen molar-refractivity contribution in [3.05, 3.63) is 35.0 Å². The number of fused-ring (bicyclic) bond motifs is 3. The fourth-order valence-corrected chi connectivity index (χ4v) is 2.99. The molecule has 0 saturated heterocycles. The Balaban J connectivity index is 2.01. The van der Waals surface area contributed by atoms with Gasteiger partial charge in [-0.1, -0.05) is 17.7 Å². The molecule has 0 radical (unpaired) electrons. The number of aromatic nitrogens is 2. The van der Waals surface area contributed by atoms with Gasteiger partial charge in [0.1, 0.15) is 11.9 Å². The molecule has 0 amide bonds. The predicted molar refractivity (Wildman–Crippen MR) is 84.6 cm³/mol. The van der Waals surface area contributed by atoms with Crippen LogP contribution in [0.15, 0.2) is 24.4 Å². The van der Waals surface area contributed by atoms with Crippen LogP contribution in [0.5, 0.6) is 0 Å². The molecule has 4 rings (SSSR count). The number of pyridine rings is 1. The molecule has 0 atom stereocenters. The molecule has 1 aliphatic carbocycles. The van der Waals surface area contributed by atoms with Gasteiger partial charge in [-0.05, 0) is 31.4 Å². The van der Waals surface area contributed by atoms with E-state index in [1.807, 2.05) is 18.2 Å². The Hall–Kier alpha value is -2.25. The molecule has 1 aliphatic rings. The van der Waals surface area contributed by atoms with Gasteiger partial charge in [0.2, 0.25) is 0 Å². The first-order chi connectivity index (χ1) is 10.3. The summed E-state index contributed by atoms with van der Waals surface area (Å²) in [6.07, 6.45) is 5.25. The van der Waals surface area contributed by atoms with Gasteiger partial charge < -0.3 is 10.3 Å². The second kappa shape index (κ2) is 4.64. The zero-order chi connectivity index (χ0) is 14.4. The number of aromatic amines is 1. The fraction of sp³-hybridized carbons (Fsp3) is 0.250. The fourth-order valence-electron chi connectivity index (χ4n) is 2.82. The largest absolute Gasteiger partial charge is 0.367 e. The summed E-state index contributed by atoms with van der Waals surface area (Å²) in [5.74, 6) is 0.849. The first-order valence-corrected chi connectivity index (χ1v) is 7.40. The number of nitriles is 1. The maximum Gasteiger partial charge on any atom is 0.136 e. The highest BCUT2D eigenvalue weighted by Gasteiger charge is 2.20. The topological polar surface area (TPSA) is 64.5 Å². The van der Waals surface area contributed by atoms with Crippen molar-refractivity contribution in [2.75, 3.05) is 5.32 Å². The molecule has 21 heavy (non-hydrogen) atoms. The van der Waals surface area contributed by atoms with Gasteiger partial charge >= 0.3 is 0 Å². The van der Waals surface area contributed by atoms with Crippen LogP contribution in [0, 0.1) is 11.3 Å². The summed E-state index contributed by atoms with van der Waals surface area (Å²) in [7, 11) is 0. The molecule has 104 valence electrons. The molecule has 5 heteroatoms. The summed E-state index contributed by atoms with van der Waals surface area (Å²) in [6.45, 7) is 0. The van der Waals surface area contributed by atoms with Crippen LogP contribution < -0.4 is 5.32 Å². The van der Waals surface area contributed by atoms with Crippen LogP contribution in [0.25, 0.3) is 21.8 Å². The average molecular weight is 297 g/mol. The Kier molecular flexibility index (Phi) is 2.76. The van der Waals surface area contributed by atoms with Crippen molar-refractivity contribution >= 4 is 39.2 Å². The lowest BCUT2D eigenvalue weighted by Gasteiger charge is -2.27. The molecule has 3 aromatic rings. The molecule has 2 aromatic heterocycles. The molecule has 0 unspecified atom stereocenters. The van der Waals surface area contributed by atoms with Crippen molar-refractivity contribution in [3.8, 4) is 6.07 Å². The minimum Gasteiger partial charge on any atom is -0.367 e. The smallest absolute Gasteiger partial charge is 0.136 e. The second-order valence-electron chi connectivity index (χ2n) is 5.47. The van der Waals surface area contributed by atoms with Gasteiger partial charge in [0.25, 0.3) is 0 Å². The quantitative estimate of drug-likeness (QED) is 0.744. The van der Waals surface area contributed by atoms with Crippen molar-refractivity contribution in [1.29, 1.82) is 5.26 Å². The molecule has 0 bridgehead atoms. The molecular weight excluding hydrogens is 284 g/mol. The summed E-state index contributed by atoms with van der Waals surface area (Å²) in [4.78, 5) is 7.76. The molecule has 2 heterocycles. The van der Waals surface area contributed by atoms with Crippen molar-refractivity contribution in [2.24, 2.45) is 0 Å². The summed E-state index contributed by atoms with van der Waals surface area (Å²) in [5.41, 5.74) is 2.31. The highest BCUT2D eigenvalue weighted by molar-refractivity contribution is 6.31. The number of hydrogen-bond donors (Lipinski definition) is 2. The van der Waals surface area contributed by atoms with Crippen LogP contribution >= 0.6 is 11.6 Å². The molecular formula is C16H13ClN4. The summed E-state index contributed by atoms with van der Waals surface area (Å²) in [6, 6.07) is 8.41. The Morgan fingerprint density at radius 1 is 1.38 bits per heavy atom. The number of nitrogens with one attached hydrogen (secondary N) is 2. The molecule has 1 fully saturated rings. The van der Waals surface area contributed by atoms with Gasteiger partial charge in [0.05, 0.1) is 16.5 Å². The van der Waals surface area contributed by atoms with Crippen molar-refractivity contribution in [2.45, 2.75) is 25.3 Å². The number of anilines is 1. The Morgan fingerprint density at radius 2 is 2.24 bits per heavy atom. The first-order valence-electron chi connectivity index (χ1n) is 7.03. The highest BCUT2D eigenvalue weighted by Crippen LogP contribution is 2.35. The average Bonchev–Trinajstić information content (AvgIpc) is 2.81. The number of halogens is 1. The Bertz CT molecular complexity index is 887. The van der Waals surface area contributed by atoms with Crippen molar-refractivity contribution < 1.29 is 0 Å². The standard InChI is InChI=1S/C16H13ClN4/c17-10-4-5-12-13(6-10)21-15-9(7-18)8-19-16(14(12)15)20-11-2-1-3-11/h4-6,8,11,21H,1-3H2,(H,19,20).